The molecule has 0 aliphatic heterocycles. The van der Waals surface area contributed by atoms with Crippen LogP contribution in [0, 0.1) is 18.8 Å². The van der Waals surface area contributed by atoms with Crippen LogP contribution in [0.2, 0.25) is 0 Å². The van der Waals surface area contributed by atoms with Crippen molar-refractivity contribution < 1.29 is 14.3 Å². The molecule has 1 aromatic rings. The highest BCUT2D eigenvalue weighted by Crippen LogP contribution is 2.29. The second-order valence-corrected chi connectivity index (χ2v) is 5.19. The normalized spacial score (nSPS) is 22.1. The first-order chi connectivity index (χ1) is 9.52. The van der Waals surface area contributed by atoms with Crippen molar-refractivity contribution in [3.05, 3.63) is 41.6 Å². The highest BCUT2D eigenvalue weighted by Gasteiger charge is 2.35. The van der Waals surface area contributed by atoms with Crippen molar-refractivity contribution in [1.29, 1.82) is 0 Å². The van der Waals surface area contributed by atoms with E-state index < -0.39 is 11.9 Å². The first kappa shape index (κ1) is 14.3. The molecule has 0 unspecified atom stereocenters. The highest BCUT2D eigenvalue weighted by molar-refractivity contribution is 6.06. The van der Waals surface area contributed by atoms with Crippen LogP contribution in [0.1, 0.15) is 18.9 Å². The predicted molar refractivity (Wildman–Crippen MR) is 77.2 cm³/mol. The summed E-state index contributed by atoms with van der Waals surface area (Å²) in [5, 5.41) is 3.28. The monoisotopic (exact) mass is 273 g/mol. The highest BCUT2D eigenvalue weighted by atomic mass is 16.5. The van der Waals surface area contributed by atoms with Crippen molar-refractivity contribution >= 4 is 17.4 Å². The van der Waals surface area contributed by atoms with Crippen LogP contribution >= 0.6 is 0 Å². The van der Waals surface area contributed by atoms with Gasteiger partial charge in [0.2, 0.25) is 0 Å². The number of anilines is 1. The van der Waals surface area contributed by atoms with E-state index in [1.165, 1.54) is 13.2 Å². The third-order valence-corrected chi connectivity index (χ3v) is 3.63. The molecule has 4 nitrogen and oxygen atoms in total. The Labute approximate surface area is 118 Å². The van der Waals surface area contributed by atoms with Gasteiger partial charge in [0.1, 0.15) is 5.92 Å². The van der Waals surface area contributed by atoms with Gasteiger partial charge in [-0.2, -0.15) is 0 Å². The number of hydrogen-bond donors (Lipinski definition) is 1. The molecule has 2 rings (SSSR count). The molecule has 0 amide bonds. The lowest BCUT2D eigenvalue weighted by atomic mass is 9.82. The SMILES string of the molecule is COC(=O)[C@@H]1C(=O)C=C(Nc2ccccc2C)C[C@H]1C. The van der Waals surface area contributed by atoms with Gasteiger partial charge < -0.3 is 10.1 Å². The molecule has 0 radical (unpaired) electrons. The maximum absolute atomic E-state index is 12.1. The molecular formula is C16H19NO3. The van der Waals surface area contributed by atoms with Gasteiger partial charge in [-0.25, -0.2) is 0 Å². The van der Waals surface area contributed by atoms with Crippen LogP contribution in [0.25, 0.3) is 0 Å². The number of hydrogen-bond acceptors (Lipinski definition) is 4. The molecule has 0 bridgehead atoms. The number of carbonyl (C=O) groups excluding carboxylic acids is 2. The van der Waals surface area contributed by atoms with Crippen LogP contribution in [-0.2, 0) is 14.3 Å². The van der Waals surface area contributed by atoms with Crippen LogP contribution in [-0.4, -0.2) is 18.9 Å². The minimum atomic E-state index is -0.678. The van der Waals surface area contributed by atoms with Crippen molar-refractivity contribution in [2.75, 3.05) is 12.4 Å². The summed E-state index contributed by atoms with van der Waals surface area (Å²) in [6, 6.07) is 7.89. The molecule has 4 heteroatoms. The number of benzene rings is 1. The topological polar surface area (TPSA) is 55.4 Å². The minimum Gasteiger partial charge on any atom is -0.468 e. The Morgan fingerprint density at radius 1 is 1.35 bits per heavy atom. The van der Waals surface area contributed by atoms with Gasteiger partial charge in [-0.05, 0) is 30.9 Å². The maximum Gasteiger partial charge on any atom is 0.316 e. The van der Waals surface area contributed by atoms with Gasteiger partial charge in [0.25, 0.3) is 0 Å². The van der Waals surface area contributed by atoms with E-state index in [1.807, 2.05) is 38.1 Å². The Kier molecular flexibility index (Phi) is 4.23. The van der Waals surface area contributed by atoms with Gasteiger partial charge in [-0.15, -0.1) is 0 Å². The summed E-state index contributed by atoms with van der Waals surface area (Å²) in [6.07, 6.45) is 2.17. The molecule has 106 valence electrons. The Bertz CT molecular complexity index is 563. The van der Waals surface area contributed by atoms with Gasteiger partial charge in [-0.3, -0.25) is 9.59 Å². The van der Waals surface area contributed by atoms with Crippen LogP contribution in [0.5, 0.6) is 0 Å². The third-order valence-electron chi connectivity index (χ3n) is 3.63. The lowest BCUT2D eigenvalue weighted by Crippen LogP contribution is -2.34. The fourth-order valence-electron chi connectivity index (χ4n) is 2.51. The van der Waals surface area contributed by atoms with Crippen LogP contribution in [0.4, 0.5) is 5.69 Å². The lowest BCUT2D eigenvalue weighted by molar-refractivity contribution is -0.150. The summed E-state index contributed by atoms with van der Waals surface area (Å²) in [5.41, 5.74) is 2.94. The van der Waals surface area contributed by atoms with E-state index in [1.54, 1.807) is 0 Å². The molecule has 20 heavy (non-hydrogen) atoms. The number of carbonyl (C=O) groups is 2. The maximum atomic E-state index is 12.1. The zero-order valence-corrected chi connectivity index (χ0v) is 12.0. The van der Waals surface area contributed by atoms with E-state index in [0.717, 1.165) is 16.9 Å². The zero-order chi connectivity index (χ0) is 14.7. The molecule has 1 N–H and O–H groups in total. The first-order valence-corrected chi connectivity index (χ1v) is 6.68. The molecule has 1 aliphatic rings. The quantitative estimate of drug-likeness (QED) is 0.679. The molecule has 0 fully saturated rings. The fraction of sp³-hybridized carbons (Fsp3) is 0.375. The van der Waals surface area contributed by atoms with Gasteiger partial charge in [-0.1, -0.05) is 25.1 Å². The van der Waals surface area contributed by atoms with E-state index in [9.17, 15) is 9.59 Å². The summed E-state index contributed by atoms with van der Waals surface area (Å²) in [6.45, 7) is 3.90. The zero-order valence-electron chi connectivity index (χ0n) is 12.0. The molecule has 0 heterocycles. The Morgan fingerprint density at radius 3 is 2.65 bits per heavy atom. The van der Waals surface area contributed by atoms with Crippen molar-refractivity contribution in [3.8, 4) is 0 Å². The van der Waals surface area contributed by atoms with Gasteiger partial charge in [0.05, 0.1) is 7.11 Å². The van der Waals surface area contributed by atoms with Crippen molar-refractivity contribution in [3.63, 3.8) is 0 Å². The Balaban J connectivity index is 2.18. The fourth-order valence-corrected chi connectivity index (χ4v) is 2.51. The summed E-state index contributed by atoms with van der Waals surface area (Å²) in [7, 11) is 1.31. The second-order valence-electron chi connectivity index (χ2n) is 5.19. The van der Waals surface area contributed by atoms with Gasteiger partial charge in [0.15, 0.2) is 5.78 Å². The number of rotatable bonds is 3. The van der Waals surface area contributed by atoms with Crippen molar-refractivity contribution in [2.45, 2.75) is 20.3 Å². The molecule has 1 aliphatic carbocycles. The number of allylic oxidation sites excluding steroid dienone is 2. The number of ketones is 1. The summed E-state index contributed by atoms with van der Waals surface area (Å²) < 4.78 is 4.69. The molecular weight excluding hydrogens is 254 g/mol. The van der Waals surface area contributed by atoms with E-state index in [2.05, 4.69) is 5.32 Å². The Hall–Kier alpha value is -2.10. The number of esters is 1. The van der Waals surface area contributed by atoms with E-state index in [4.69, 9.17) is 4.74 Å². The number of ether oxygens (including phenoxy) is 1. The third kappa shape index (κ3) is 2.90. The minimum absolute atomic E-state index is 0.0635. The number of nitrogens with one attached hydrogen (secondary N) is 1. The van der Waals surface area contributed by atoms with Crippen molar-refractivity contribution in [1.82, 2.24) is 0 Å². The molecule has 0 spiro atoms. The lowest BCUT2D eigenvalue weighted by Gasteiger charge is -2.26. The van der Waals surface area contributed by atoms with Gasteiger partial charge in [0, 0.05) is 17.5 Å². The van der Waals surface area contributed by atoms with E-state index in [0.29, 0.717) is 6.42 Å². The average Bonchev–Trinajstić information content (AvgIpc) is 2.40. The van der Waals surface area contributed by atoms with Gasteiger partial charge >= 0.3 is 5.97 Å². The standard InChI is InChI=1S/C16H19NO3/c1-10-6-4-5-7-13(10)17-12-8-11(2)15(14(18)9-12)16(19)20-3/h4-7,9,11,15,17H,8H2,1-3H3/t11-,15+/m1/s1. The number of para-hydroxylation sites is 1. The smallest absolute Gasteiger partial charge is 0.316 e. The van der Waals surface area contributed by atoms with Crippen molar-refractivity contribution in [2.24, 2.45) is 11.8 Å². The largest absolute Gasteiger partial charge is 0.468 e. The van der Waals surface area contributed by atoms with E-state index >= 15 is 0 Å². The van der Waals surface area contributed by atoms with E-state index in [-0.39, 0.29) is 11.7 Å². The molecule has 0 aromatic heterocycles. The average molecular weight is 273 g/mol. The predicted octanol–water partition coefficient (Wildman–Crippen LogP) is 2.69. The first-order valence-electron chi connectivity index (χ1n) is 6.68. The summed E-state index contributed by atoms with van der Waals surface area (Å²) in [5.74, 6) is -1.38. The molecule has 2 atom stereocenters. The Morgan fingerprint density at radius 2 is 2.05 bits per heavy atom. The van der Waals surface area contributed by atoms with Crippen LogP contribution in [0.3, 0.4) is 0 Å². The van der Waals surface area contributed by atoms with Crippen LogP contribution < -0.4 is 5.32 Å². The second kappa shape index (κ2) is 5.90. The molecule has 1 aromatic carbocycles. The summed E-state index contributed by atoms with van der Waals surface area (Å²) in [4.78, 5) is 23.7. The molecule has 0 saturated heterocycles. The molecule has 0 saturated carbocycles. The number of aryl methyl sites for hydroxylation is 1. The van der Waals surface area contributed by atoms with Crippen LogP contribution in [0.15, 0.2) is 36.0 Å². The number of methoxy groups -OCH3 is 1. The summed E-state index contributed by atoms with van der Waals surface area (Å²) >= 11 is 0.